The number of hydrogen-bond acceptors (Lipinski definition) is 4. The van der Waals surface area contributed by atoms with E-state index >= 15 is 0 Å². The van der Waals surface area contributed by atoms with Crippen LogP contribution in [0.15, 0.2) is 23.8 Å². The Kier molecular flexibility index (Phi) is 3.73. The molecule has 1 aromatic rings. The molecule has 2 N–H and O–H groups in total. The van der Waals surface area contributed by atoms with Crippen molar-refractivity contribution >= 4 is 12.0 Å². The van der Waals surface area contributed by atoms with E-state index in [2.05, 4.69) is 10.6 Å². The molecule has 2 unspecified atom stereocenters. The molecule has 0 aromatic heterocycles. The molecule has 0 aliphatic carbocycles. The smallest absolute Gasteiger partial charge is 0.250 e. The Hall–Kier alpha value is -2.01. The van der Waals surface area contributed by atoms with Crippen LogP contribution in [0.3, 0.4) is 0 Å². The molecule has 2 fully saturated rings. The summed E-state index contributed by atoms with van der Waals surface area (Å²) in [7, 11) is 1.62. The third kappa shape index (κ3) is 2.81. The van der Waals surface area contributed by atoms with Gasteiger partial charge in [0.25, 0.3) is 5.91 Å². The van der Waals surface area contributed by atoms with Gasteiger partial charge in [0.05, 0.1) is 12.7 Å². The summed E-state index contributed by atoms with van der Waals surface area (Å²) in [6.07, 6.45) is 6.43. The fraction of sp³-hybridized carbons (Fsp3) is 0.500. The van der Waals surface area contributed by atoms with Gasteiger partial charge in [-0.2, -0.15) is 0 Å². The van der Waals surface area contributed by atoms with Crippen molar-refractivity contribution in [1.82, 2.24) is 10.6 Å². The van der Waals surface area contributed by atoms with Crippen LogP contribution < -0.4 is 20.1 Å². The second-order valence-corrected chi connectivity index (χ2v) is 6.62. The van der Waals surface area contributed by atoms with Gasteiger partial charge in [-0.25, -0.2) is 0 Å². The van der Waals surface area contributed by atoms with Crippen LogP contribution in [-0.4, -0.2) is 37.7 Å². The molecule has 0 spiro atoms. The lowest BCUT2D eigenvalue weighted by atomic mass is 9.99. The highest BCUT2D eigenvalue weighted by Gasteiger charge is 2.34. The Morgan fingerprint density at radius 3 is 2.83 bits per heavy atom. The zero-order valence-corrected chi connectivity index (χ0v) is 13.3. The van der Waals surface area contributed by atoms with Crippen LogP contribution in [0.2, 0.25) is 0 Å². The van der Waals surface area contributed by atoms with E-state index in [1.54, 1.807) is 7.11 Å². The number of fused-ring (bicyclic) bond motifs is 3. The summed E-state index contributed by atoms with van der Waals surface area (Å²) in [5.74, 6) is 1.41. The summed E-state index contributed by atoms with van der Waals surface area (Å²) >= 11 is 0. The van der Waals surface area contributed by atoms with E-state index in [1.165, 1.54) is 12.8 Å². The number of carbonyl (C=O) groups is 1. The van der Waals surface area contributed by atoms with E-state index in [0.717, 1.165) is 18.4 Å². The fourth-order valence-corrected chi connectivity index (χ4v) is 3.93. The first-order valence-corrected chi connectivity index (χ1v) is 8.30. The van der Waals surface area contributed by atoms with Crippen molar-refractivity contribution in [3.63, 3.8) is 0 Å². The number of nitrogens with one attached hydrogen (secondary N) is 2. The van der Waals surface area contributed by atoms with Crippen molar-refractivity contribution < 1.29 is 14.3 Å². The predicted molar refractivity (Wildman–Crippen MR) is 87.6 cm³/mol. The van der Waals surface area contributed by atoms with Crippen molar-refractivity contribution in [1.29, 1.82) is 0 Å². The molecule has 5 heteroatoms. The summed E-state index contributed by atoms with van der Waals surface area (Å²) in [5.41, 5.74) is 1.57. The largest absolute Gasteiger partial charge is 0.493 e. The molecule has 3 heterocycles. The van der Waals surface area contributed by atoms with E-state index in [0.29, 0.717) is 29.2 Å². The summed E-state index contributed by atoms with van der Waals surface area (Å²) in [4.78, 5) is 12.6. The second-order valence-electron chi connectivity index (χ2n) is 6.62. The molecule has 3 aliphatic heterocycles. The number of rotatable bonds is 3. The number of methoxy groups -OCH3 is 1. The fourth-order valence-electron chi connectivity index (χ4n) is 3.93. The van der Waals surface area contributed by atoms with Crippen molar-refractivity contribution in [2.75, 3.05) is 13.7 Å². The molecule has 122 valence electrons. The van der Waals surface area contributed by atoms with Gasteiger partial charge in [0, 0.05) is 23.7 Å². The SMILES string of the molecule is COc1cccc2c1OCC(C(=O)NC1CC3CCC(C1)N3)=C2. The quantitative estimate of drug-likeness (QED) is 0.894. The number of para-hydroxylation sites is 1. The van der Waals surface area contributed by atoms with E-state index < -0.39 is 0 Å². The van der Waals surface area contributed by atoms with Crippen molar-refractivity contribution in [2.24, 2.45) is 0 Å². The number of ether oxygens (including phenoxy) is 2. The summed E-state index contributed by atoms with van der Waals surface area (Å²) < 4.78 is 11.1. The average molecular weight is 314 g/mol. The highest BCUT2D eigenvalue weighted by atomic mass is 16.5. The molecule has 2 atom stereocenters. The van der Waals surface area contributed by atoms with E-state index in [-0.39, 0.29) is 18.6 Å². The van der Waals surface area contributed by atoms with E-state index in [4.69, 9.17) is 9.47 Å². The molecule has 0 saturated carbocycles. The third-order valence-corrected chi connectivity index (χ3v) is 5.03. The van der Waals surface area contributed by atoms with Crippen LogP contribution in [0.4, 0.5) is 0 Å². The van der Waals surface area contributed by atoms with Crippen LogP contribution in [-0.2, 0) is 4.79 Å². The normalized spacial score (nSPS) is 28.4. The van der Waals surface area contributed by atoms with Crippen LogP contribution in [0, 0.1) is 0 Å². The lowest BCUT2D eigenvalue weighted by molar-refractivity contribution is -0.118. The highest BCUT2D eigenvalue weighted by Crippen LogP contribution is 2.35. The zero-order valence-electron chi connectivity index (χ0n) is 13.3. The highest BCUT2D eigenvalue weighted by molar-refractivity contribution is 5.99. The Morgan fingerprint density at radius 1 is 1.30 bits per heavy atom. The molecular formula is C18H22N2O3. The molecule has 2 saturated heterocycles. The first-order chi connectivity index (χ1) is 11.2. The summed E-state index contributed by atoms with van der Waals surface area (Å²) in [6, 6.07) is 7.12. The molecule has 4 rings (SSSR count). The molecular weight excluding hydrogens is 292 g/mol. The van der Waals surface area contributed by atoms with Gasteiger partial charge in [0.15, 0.2) is 11.5 Å². The molecule has 1 amide bonds. The van der Waals surface area contributed by atoms with Gasteiger partial charge in [-0.3, -0.25) is 4.79 Å². The summed E-state index contributed by atoms with van der Waals surface area (Å²) in [6.45, 7) is 0.289. The Bertz CT molecular complexity index is 644. The van der Waals surface area contributed by atoms with Gasteiger partial charge in [-0.05, 0) is 37.8 Å². The van der Waals surface area contributed by atoms with Crippen molar-refractivity contribution in [3.05, 3.63) is 29.3 Å². The molecule has 0 radical (unpaired) electrons. The van der Waals surface area contributed by atoms with Crippen LogP contribution >= 0.6 is 0 Å². The van der Waals surface area contributed by atoms with Crippen LogP contribution in [0.25, 0.3) is 6.08 Å². The summed E-state index contributed by atoms with van der Waals surface area (Å²) in [5, 5.41) is 6.78. The van der Waals surface area contributed by atoms with Crippen molar-refractivity contribution in [2.45, 2.75) is 43.8 Å². The minimum absolute atomic E-state index is 0.00947. The number of hydrogen-bond donors (Lipinski definition) is 2. The number of benzene rings is 1. The van der Waals surface area contributed by atoms with Gasteiger partial charge in [0.2, 0.25) is 0 Å². The Balaban J connectivity index is 1.47. The van der Waals surface area contributed by atoms with Gasteiger partial charge >= 0.3 is 0 Å². The Labute approximate surface area is 136 Å². The molecule has 3 aliphatic rings. The topological polar surface area (TPSA) is 59.6 Å². The van der Waals surface area contributed by atoms with Gasteiger partial charge in [0.1, 0.15) is 6.61 Å². The van der Waals surface area contributed by atoms with Crippen LogP contribution in [0.5, 0.6) is 11.5 Å². The maximum absolute atomic E-state index is 12.6. The number of amides is 1. The third-order valence-electron chi connectivity index (χ3n) is 5.03. The average Bonchev–Trinajstić information content (AvgIpc) is 2.92. The molecule has 1 aromatic carbocycles. The van der Waals surface area contributed by atoms with E-state index in [1.807, 2.05) is 24.3 Å². The van der Waals surface area contributed by atoms with Gasteiger partial charge in [-0.15, -0.1) is 0 Å². The maximum Gasteiger partial charge on any atom is 0.250 e. The Morgan fingerprint density at radius 2 is 2.09 bits per heavy atom. The first-order valence-electron chi connectivity index (χ1n) is 8.30. The maximum atomic E-state index is 12.6. The molecule has 2 bridgehead atoms. The number of piperidine rings is 1. The minimum atomic E-state index is -0.00947. The predicted octanol–water partition coefficient (Wildman–Crippen LogP) is 1.87. The van der Waals surface area contributed by atoms with Crippen LogP contribution in [0.1, 0.15) is 31.2 Å². The van der Waals surface area contributed by atoms with Gasteiger partial charge in [-0.1, -0.05) is 12.1 Å². The van der Waals surface area contributed by atoms with Gasteiger partial charge < -0.3 is 20.1 Å². The second kappa shape index (κ2) is 5.89. The zero-order chi connectivity index (χ0) is 15.8. The molecule has 23 heavy (non-hydrogen) atoms. The minimum Gasteiger partial charge on any atom is -0.493 e. The van der Waals surface area contributed by atoms with E-state index in [9.17, 15) is 4.79 Å². The lowest BCUT2D eigenvalue weighted by Gasteiger charge is -2.30. The monoisotopic (exact) mass is 314 g/mol. The number of carbonyl (C=O) groups excluding carboxylic acids is 1. The standard InChI is InChI=1S/C18H22N2O3/c1-22-16-4-2-3-11-7-12(10-23-17(11)16)18(21)20-15-8-13-5-6-14(9-15)19-13/h2-4,7,13-15,19H,5-6,8-10H2,1H3,(H,20,21). The van der Waals surface area contributed by atoms with Crippen molar-refractivity contribution in [3.8, 4) is 11.5 Å². The first kappa shape index (κ1) is 14.6. The molecule has 5 nitrogen and oxygen atoms in total. The lowest BCUT2D eigenvalue weighted by Crippen LogP contribution is -2.48.